The molecule has 0 spiro atoms. The molecule has 1 aliphatic heterocycles. The number of hydrogen-bond donors (Lipinski definition) is 1. The molecule has 78 valence electrons. The van der Waals surface area contributed by atoms with E-state index in [9.17, 15) is 0 Å². The summed E-state index contributed by atoms with van der Waals surface area (Å²) >= 11 is 0. The van der Waals surface area contributed by atoms with E-state index in [1.54, 1.807) is 0 Å². The lowest BCUT2D eigenvalue weighted by Crippen LogP contribution is -2.42. The summed E-state index contributed by atoms with van der Waals surface area (Å²) in [5, 5.41) is 3.59. The largest absolute Gasteiger partial charge is 0.468 e. The molecule has 1 unspecified atom stereocenters. The first-order chi connectivity index (χ1) is 6.52. The second-order valence-electron chi connectivity index (χ2n) is 5.19. The molecule has 1 aliphatic rings. The van der Waals surface area contributed by atoms with Gasteiger partial charge in [0, 0.05) is 23.6 Å². The highest BCUT2D eigenvalue weighted by atomic mass is 16.3. The van der Waals surface area contributed by atoms with Gasteiger partial charge in [0.15, 0.2) is 0 Å². The molecule has 2 nitrogen and oxygen atoms in total. The van der Waals surface area contributed by atoms with Crippen LogP contribution in [0, 0.1) is 5.92 Å². The van der Waals surface area contributed by atoms with Gasteiger partial charge in [0.1, 0.15) is 5.76 Å². The molecule has 0 fully saturated rings. The zero-order chi connectivity index (χ0) is 10.3. The van der Waals surface area contributed by atoms with E-state index in [1.165, 1.54) is 5.56 Å². The molecule has 0 bridgehead atoms. The summed E-state index contributed by atoms with van der Waals surface area (Å²) < 4.78 is 5.61. The Morgan fingerprint density at radius 1 is 1.50 bits per heavy atom. The van der Waals surface area contributed by atoms with Crippen LogP contribution in [0.15, 0.2) is 16.7 Å². The first-order valence-corrected chi connectivity index (χ1v) is 5.33. The maximum atomic E-state index is 5.61. The van der Waals surface area contributed by atoms with Crippen LogP contribution >= 0.6 is 0 Å². The second-order valence-corrected chi connectivity index (χ2v) is 5.19. The van der Waals surface area contributed by atoms with Crippen molar-refractivity contribution in [2.45, 2.75) is 39.2 Å². The molecule has 1 N–H and O–H groups in total. The van der Waals surface area contributed by atoms with Gasteiger partial charge in [-0.2, -0.15) is 0 Å². The smallest absolute Gasteiger partial charge is 0.115 e. The van der Waals surface area contributed by atoms with E-state index < -0.39 is 0 Å². The minimum absolute atomic E-state index is 0.129. The molecule has 0 aliphatic carbocycles. The van der Waals surface area contributed by atoms with Crippen LogP contribution in [0.1, 0.15) is 45.1 Å². The van der Waals surface area contributed by atoms with Crippen LogP contribution in [0.4, 0.5) is 0 Å². The quantitative estimate of drug-likeness (QED) is 0.742. The molecule has 2 heteroatoms. The predicted molar refractivity (Wildman–Crippen MR) is 57.3 cm³/mol. The first kappa shape index (κ1) is 9.78. The Morgan fingerprint density at radius 3 is 2.86 bits per heavy atom. The minimum Gasteiger partial charge on any atom is -0.468 e. The average Bonchev–Trinajstić information content (AvgIpc) is 2.52. The maximum absolute atomic E-state index is 5.61. The zero-order valence-electron chi connectivity index (χ0n) is 9.42. The maximum Gasteiger partial charge on any atom is 0.115 e. The Labute approximate surface area is 85.7 Å². The fourth-order valence-corrected chi connectivity index (χ4v) is 2.26. The Hall–Kier alpha value is -0.760. The average molecular weight is 193 g/mol. The third kappa shape index (κ3) is 1.38. The lowest BCUT2D eigenvalue weighted by Gasteiger charge is -2.36. The summed E-state index contributed by atoms with van der Waals surface area (Å²) in [6.07, 6.45) is 1.81. The number of fused-ring (bicyclic) bond motifs is 1. The molecule has 1 aromatic heterocycles. The molecular formula is C12H19NO. The molecule has 1 atom stereocenters. The van der Waals surface area contributed by atoms with Gasteiger partial charge in [0.05, 0.1) is 6.26 Å². The van der Waals surface area contributed by atoms with Gasteiger partial charge < -0.3 is 9.73 Å². The van der Waals surface area contributed by atoms with Crippen molar-refractivity contribution >= 4 is 0 Å². The highest BCUT2D eigenvalue weighted by Crippen LogP contribution is 2.37. The normalized spacial score (nSPS) is 25.1. The van der Waals surface area contributed by atoms with E-state index >= 15 is 0 Å². The molecule has 0 amide bonds. The van der Waals surface area contributed by atoms with Crippen LogP contribution in [0.2, 0.25) is 0 Å². The molecule has 0 radical (unpaired) electrons. The van der Waals surface area contributed by atoms with Gasteiger partial charge >= 0.3 is 0 Å². The summed E-state index contributed by atoms with van der Waals surface area (Å²) in [7, 11) is 0. The van der Waals surface area contributed by atoms with E-state index in [4.69, 9.17) is 4.42 Å². The number of nitrogens with one attached hydrogen (secondary N) is 1. The molecule has 2 heterocycles. The van der Waals surface area contributed by atoms with Gasteiger partial charge in [-0.3, -0.25) is 0 Å². The third-order valence-electron chi connectivity index (χ3n) is 3.08. The Bertz CT molecular complexity index is 325. The van der Waals surface area contributed by atoms with Gasteiger partial charge in [0.2, 0.25) is 0 Å². The van der Waals surface area contributed by atoms with Crippen LogP contribution in [0.25, 0.3) is 0 Å². The van der Waals surface area contributed by atoms with Crippen molar-refractivity contribution in [1.82, 2.24) is 5.32 Å². The van der Waals surface area contributed by atoms with Gasteiger partial charge in [-0.15, -0.1) is 0 Å². The molecule has 14 heavy (non-hydrogen) atoms. The van der Waals surface area contributed by atoms with Crippen LogP contribution in [0.3, 0.4) is 0 Å². The van der Waals surface area contributed by atoms with Crippen molar-refractivity contribution in [3.63, 3.8) is 0 Å². The van der Waals surface area contributed by atoms with Crippen LogP contribution in [0.5, 0.6) is 0 Å². The summed E-state index contributed by atoms with van der Waals surface area (Å²) in [6.45, 7) is 9.92. The van der Waals surface area contributed by atoms with Crippen molar-refractivity contribution in [3.8, 4) is 0 Å². The van der Waals surface area contributed by atoms with Gasteiger partial charge in [-0.1, -0.05) is 27.7 Å². The predicted octanol–water partition coefficient (Wildman–Crippen LogP) is 2.86. The number of furan rings is 1. The molecular weight excluding hydrogens is 174 g/mol. The molecule has 2 rings (SSSR count). The lowest BCUT2D eigenvalue weighted by molar-refractivity contribution is 0.282. The van der Waals surface area contributed by atoms with Crippen molar-refractivity contribution in [2.75, 3.05) is 6.54 Å². The topological polar surface area (TPSA) is 25.2 Å². The van der Waals surface area contributed by atoms with Gasteiger partial charge in [-0.05, 0) is 12.0 Å². The van der Waals surface area contributed by atoms with E-state index in [0.29, 0.717) is 12.0 Å². The lowest BCUT2D eigenvalue weighted by atomic mass is 9.80. The van der Waals surface area contributed by atoms with E-state index in [1.807, 2.05) is 6.26 Å². The van der Waals surface area contributed by atoms with Crippen molar-refractivity contribution in [1.29, 1.82) is 0 Å². The summed E-state index contributed by atoms with van der Waals surface area (Å²) in [4.78, 5) is 0. The third-order valence-corrected chi connectivity index (χ3v) is 3.08. The van der Waals surface area contributed by atoms with Crippen LogP contribution in [-0.4, -0.2) is 6.54 Å². The Balaban J connectivity index is 2.42. The second kappa shape index (κ2) is 3.13. The molecule has 1 aromatic rings. The van der Waals surface area contributed by atoms with Crippen molar-refractivity contribution in [2.24, 2.45) is 5.92 Å². The molecule has 0 saturated heterocycles. The highest BCUT2D eigenvalue weighted by molar-refractivity contribution is 5.31. The molecule has 0 saturated carbocycles. The van der Waals surface area contributed by atoms with Crippen molar-refractivity contribution < 1.29 is 4.42 Å². The van der Waals surface area contributed by atoms with E-state index in [2.05, 4.69) is 39.1 Å². The standard InChI is InChI=1S/C12H19NO/c1-8(2)10-9-5-6-14-11(9)12(3,4)7-13-10/h5-6,8,10,13H,7H2,1-4H3. The number of hydrogen-bond acceptors (Lipinski definition) is 2. The summed E-state index contributed by atoms with van der Waals surface area (Å²) in [6, 6.07) is 2.56. The first-order valence-electron chi connectivity index (χ1n) is 5.33. The SMILES string of the molecule is CC(C)C1NCC(C)(C)c2occc21. The van der Waals surface area contributed by atoms with Gasteiger partial charge in [-0.25, -0.2) is 0 Å². The van der Waals surface area contributed by atoms with Gasteiger partial charge in [0.25, 0.3) is 0 Å². The number of rotatable bonds is 1. The zero-order valence-corrected chi connectivity index (χ0v) is 9.42. The minimum atomic E-state index is 0.129. The van der Waals surface area contributed by atoms with Crippen LogP contribution in [-0.2, 0) is 5.41 Å². The van der Waals surface area contributed by atoms with Crippen molar-refractivity contribution in [3.05, 3.63) is 23.7 Å². The monoisotopic (exact) mass is 193 g/mol. The fraction of sp³-hybridized carbons (Fsp3) is 0.667. The van der Waals surface area contributed by atoms with Crippen LogP contribution < -0.4 is 5.32 Å². The highest BCUT2D eigenvalue weighted by Gasteiger charge is 2.36. The van der Waals surface area contributed by atoms with E-state index in [-0.39, 0.29) is 5.41 Å². The Kier molecular flexibility index (Phi) is 2.18. The Morgan fingerprint density at radius 2 is 2.21 bits per heavy atom. The fourth-order valence-electron chi connectivity index (χ4n) is 2.26. The molecule has 0 aromatic carbocycles. The van der Waals surface area contributed by atoms with E-state index in [0.717, 1.165) is 12.3 Å². The summed E-state index contributed by atoms with van der Waals surface area (Å²) in [5.41, 5.74) is 1.47. The summed E-state index contributed by atoms with van der Waals surface area (Å²) in [5.74, 6) is 1.78.